The zero-order chi connectivity index (χ0) is 23.8. The summed E-state index contributed by atoms with van der Waals surface area (Å²) < 4.78 is 17.0. The summed E-state index contributed by atoms with van der Waals surface area (Å²) in [5.41, 5.74) is 6.72. The topological polar surface area (TPSA) is 129 Å². The van der Waals surface area contributed by atoms with Gasteiger partial charge in [-0.1, -0.05) is 42.5 Å². The van der Waals surface area contributed by atoms with Gasteiger partial charge < -0.3 is 24.7 Å². The molecule has 1 aliphatic heterocycles. The normalized spacial score (nSPS) is 14.9. The smallest absolute Gasteiger partial charge is 0.312 e. The van der Waals surface area contributed by atoms with Crippen molar-refractivity contribution in [3.8, 4) is 28.6 Å². The molecule has 3 aromatic carbocycles. The van der Waals surface area contributed by atoms with E-state index in [-0.39, 0.29) is 35.5 Å². The van der Waals surface area contributed by atoms with Crippen molar-refractivity contribution in [1.82, 2.24) is 0 Å². The largest absolute Gasteiger partial charge is 0.507 e. The fourth-order valence-electron chi connectivity index (χ4n) is 4.16. The van der Waals surface area contributed by atoms with Crippen LogP contribution in [0, 0.1) is 0 Å². The molecule has 1 aromatic heterocycles. The predicted octanol–water partition coefficient (Wildman–Crippen LogP) is 3.47. The first-order valence-electron chi connectivity index (χ1n) is 10.5. The van der Waals surface area contributed by atoms with E-state index in [9.17, 15) is 19.5 Å². The number of carbonyl (C=O) groups is 2. The number of aromatic hydroxyl groups is 1. The molecule has 0 unspecified atom stereocenters. The third-order valence-corrected chi connectivity index (χ3v) is 5.62. The quantitative estimate of drug-likeness (QED) is 0.347. The van der Waals surface area contributed by atoms with Gasteiger partial charge in [0.1, 0.15) is 34.0 Å². The summed E-state index contributed by atoms with van der Waals surface area (Å²) in [6.07, 6.45) is -0.0224. The van der Waals surface area contributed by atoms with Crippen molar-refractivity contribution in [1.29, 1.82) is 0 Å². The van der Waals surface area contributed by atoms with Crippen molar-refractivity contribution in [3.63, 3.8) is 0 Å². The Morgan fingerprint density at radius 2 is 1.85 bits per heavy atom. The molecule has 1 atom stereocenters. The van der Waals surface area contributed by atoms with Crippen molar-refractivity contribution < 1.29 is 28.6 Å². The average Bonchev–Trinajstić information content (AvgIpc) is 2.82. The van der Waals surface area contributed by atoms with Crippen LogP contribution in [-0.4, -0.2) is 23.6 Å². The molecule has 8 heteroatoms. The van der Waals surface area contributed by atoms with E-state index in [1.165, 1.54) is 12.1 Å². The van der Waals surface area contributed by atoms with E-state index in [2.05, 4.69) is 0 Å². The van der Waals surface area contributed by atoms with Gasteiger partial charge in [0.05, 0.1) is 6.42 Å². The van der Waals surface area contributed by atoms with Crippen molar-refractivity contribution in [2.75, 3.05) is 6.61 Å². The Balaban J connectivity index is 1.72. The highest BCUT2D eigenvalue weighted by atomic mass is 16.5. The van der Waals surface area contributed by atoms with Gasteiger partial charge >= 0.3 is 5.97 Å². The third kappa shape index (κ3) is 3.86. The Morgan fingerprint density at radius 1 is 1.06 bits per heavy atom. The molecular formula is C26H19NO7. The van der Waals surface area contributed by atoms with Crippen LogP contribution in [0.4, 0.5) is 0 Å². The van der Waals surface area contributed by atoms with Crippen LogP contribution in [0.2, 0.25) is 0 Å². The van der Waals surface area contributed by atoms with E-state index in [1.54, 1.807) is 36.4 Å². The van der Waals surface area contributed by atoms with E-state index in [4.69, 9.17) is 19.6 Å². The van der Waals surface area contributed by atoms with E-state index >= 15 is 0 Å². The SMILES string of the molecule is NC(=O)COc1cccc([C@@H]2CC(=O)Oc3cc(O)c4c(=O)cc(-c5ccccc5)oc4c32)c1. The number of fused-ring (bicyclic) bond motifs is 3. The molecule has 34 heavy (non-hydrogen) atoms. The second kappa shape index (κ2) is 8.40. The first-order chi connectivity index (χ1) is 16.4. The van der Waals surface area contributed by atoms with Crippen LogP contribution in [0.25, 0.3) is 22.3 Å². The van der Waals surface area contributed by atoms with Gasteiger partial charge in [-0.25, -0.2) is 0 Å². The average molecular weight is 457 g/mol. The Labute approximate surface area is 193 Å². The molecule has 3 N–H and O–H groups in total. The maximum Gasteiger partial charge on any atom is 0.312 e. The molecule has 1 aliphatic rings. The second-order valence-electron chi connectivity index (χ2n) is 7.91. The van der Waals surface area contributed by atoms with Crippen LogP contribution in [0.1, 0.15) is 23.5 Å². The van der Waals surface area contributed by atoms with E-state index in [1.807, 2.05) is 18.2 Å². The minimum atomic E-state index is -0.617. The number of hydrogen-bond donors (Lipinski definition) is 2. The van der Waals surface area contributed by atoms with Crippen LogP contribution in [0.5, 0.6) is 17.2 Å². The summed E-state index contributed by atoms with van der Waals surface area (Å²) in [5, 5.41) is 10.6. The molecule has 5 rings (SSSR count). The number of primary amides is 1. The first-order valence-corrected chi connectivity index (χ1v) is 10.5. The number of carbonyl (C=O) groups excluding carboxylic acids is 2. The van der Waals surface area contributed by atoms with Gasteiger partial charge in [0.15, 0.2) is 12.0 Å². The molecule has 1 amide bonds. The minimum absolute atomic E-state index is 0.00233. The van der Waals surface area contributed by atoms with E-state index < -0.39 is 23.2 Å². The molecule has 0 radical (unpaired) electrons. The third-order valence-electron chi connectivity index (χ3n) is 5.62. The van der Waals surface area contributed by atoms with Gasteiger partial charge in [0.25, 0.3) is 5.91 Å². The lowest BCUT2D eigenvalue weighted by Crippen LogP contribution is -2.22. The molecule has 0 fully saturated rings. The summed E-state index contributed by atoms with van der Waals surface area (Å²) in [5.74, 6) is -1.18. The van der Waals surface area contributed by atoms with Crippen LogP contribution in [0.3, 0.4) is 0 Å². The summed E-state index contributed by atoms with van der Waals surface area (Å²) in [4.78, 5) is 36.5. The van der Waals surface area contributed by atoms with Gasteiger partial charge in [-0.3, -0.25) is 14.4 Å². The van der Waals surface area contributed by atoms with E-state index in [0.717, 1.165) is 0 Å². The van der Waals surface area contributed by atoms with Crippen LogP contribution in [0.15, 0.2) is 75.9 Å². The minimum Gasteiger partial charge on any atom is -0.507 e. The summed E-state index contributed by atoms with van der Waals surface area (Å²) in [6.45, 7) is -0.293. The first kappa shape index (κ1) is 21.3. The highest BCUT2D eigenvalue weighted by Crippen LogP contribution is 2.46. The number of esters is 1. The van der Waals surface area contributed by atoms with Gasteiger partial charge in [-0.15, -0.1) is 0 Å². The highest BCUT2D eigenvalue weighted by Gasteiger charge is 2.33. The van der Waals surface area contributed by atoms with Gasteiger partial charge in [-0.2, -0.15) is 0 Å². The standard InChI is InChI=1S/C26H19NO7/c27-22(30)13-32-16-8-4-7-15(9-16)17-10-23(31)33-21-12-19(29)25-18(28)11-20(34-26(25)24(17)21)14-5-2-1-3-6-14/h1-9,11-12,17,29H,10,13H2,(H2,27,30)/t17-/m0/s1. The Bertz CT molecular complexity index is 1490. The fourth-order valence-corrected chi connectivity index (χ4v) is 4.16. The summed E-state index contributed by atoms with van der Waals surface area (Å²) in [7, 11) is 0. The highest BCUT2D eigenvalue weighted by molar-refractivity contribution is 5.93. The molecule has 2 heterocycles. The number of amides is 1. The molecule has 0 spiro atoms. The number of hydrogen-bond acceptors (Lipinski definition) is 7. The molecule has 8 nitrogen and oxygen atoms in total. The Morgan fingerprint density at radius 3 is 2.62 bits per heavy atom. The Hall–Kier alpha value is -4.59. The lowest BCUT2D eigenvalue weighted by Gasteiger charge is -2.26. The van der Waals surface area contributed by atoms with Crippen molar-refractivity contribution in [3.05, 3.63) is 88.1 Å². The number of rotatable bonds is 5. The molecule has 170 valence electrons. The zero-order valence-corrected chi connectivity index (χ0v) is 17.8. The predicted molar refractivity (Wildman–Crippen MR) is 123 cm³/mol. The van der Waals surface area contributed by atoms with Crippen LogP contribution >= 0.6 is 0 Å². The van der Waals surface area contributed by atoms with Gasteiger partial charge in [0.2, 0.25) is 0 Å². The number of ether oxygens (including phenoxy) is 2. The lowest BCUT2D eigenvalue weighted by molar-refractivity contribution is -0.135. The zero-order valence-electron chi connectivity index (χ0n) is 17.8. The molecule has 0 saturated heterocycles. The molecule has 0 bridgehead atoms. The molecular weight excluding hydrogens is 438 g/mol. The maximum atomic E-state index is 13.0. The summed E-state index contributed by atoms with van der Waals surface area (Å²) >= 11 is 0. The van der Waals surface area contributed by atoms with E-state index in [0.29, 0.717) is 28.2 Å². The monoisotopic (exact) mass is 457 g/mol. The summed E-state index contributed by atoms with van der Waals surface area (Å²) in [6, 6.07) is 18.5. The Kier molecular flexibility index (Phi) is 5.25. The second-order valence-corrected chi connectivity index (χ2v) is 7.91. The molecule has 0 aliphatic carbocycles. The van der Waals surface area contributed by atoms with Crippen LogP contribution < -0.4 is 20.6 Å². The number of phenolic OH excluding ortho intramolecular Hbond substituents is 1. The number of benzene rings is 3. The van der Waals surface area contributed by atoms with Gasteiger partial charge in [0, 0.05) is 29.2 Å². The number of nitrogens with two attached hydrogens (primary N) is 1. The fraction of sp³-hybridized carbons (Fsp3) is 0.115. The van der Waals surface area contributed by atoms with Crippen molar-refractivity contribution >= 4 is 22.8 Å². The molecule has 4 aromatic rings. The van der Waals surface area contributed by atoms with Gasteiger partial charge in [-0.05, 0) is 17.7 Å². The maximum absolute atomic E-state index is 13.0. The van der Waals surface area contributed by atoms with Crippen molar-refractivity contribution in [2.24, 2.45) is 5.73 Å². The lowest BCUT2D eigenvalue weighted by atomic mass is 9.85. The van der Waals surface area contributed by atoms with Crippen molar-refractivity contribution in [2.45, 2.75) is 12.3 Å². The molecule has 0 saturated carbocycles. The number of phenols is 1. The van der Waals surface area contributed by atoms with Crippen LogP contribution in [-0.2, 0) is 9.59 Å².